The molecule has 6 heteroatoms. The molecule has 25 heavy (non-hydrogen) atoms. The Kier molecular flexibility index (Phi) is 6.47. The van der Waals surface area contributed by atoms with Gasteiger partial charge >= 0.3 is 5.97 Å². The van der Waals surface area contributed by atoms with Crippen molar-refractivity contribution >= 4 is 17.8 Å². The summed E-state index contributed by atoms with van der Waals surface area (Å²) in [5.41, 5.74) is -0.336. The lowest BCUT2D eigenvalue weighted by molar-refractivity contribution is -0.146. The second kappa shape index (κ2) is 8.19. The predicted octanol–water partition coefficient (Wildman–Crippen LogP) is 2.52. The van der Waals surface area contributed by atoms with Crippen molar-refractivity contribution in [1.82, 2.24) is 9.80 Å². The van der Waals surface area contributed by atoms with Crippen LogP contribution in [0.3, 0.4) is 0 Å². The third-order valence-electron chi connectivity index (χ3n) is 6.06. The molecule has 1 unspecified atom stereocenters. The van der Waals surface area contributed by atoms with Gasteiger partial charge in [0.2, 0.25) is 11.8 Å². The van der Waals surface area contributed by atoms with E-state index < -0.39 is 5.97 Å². The van der Waals surface area contributed by atoms with E-state index in [1.54, 1.807) is 0 Å². The van der Waals surface area contributed by atoms with Gasteiger partial charge in [-0.1, -0.05) is 26.7 Å². The summed E-state index contributed by atoms with van der Waals surface area (Å²) < 4.78 is 0. The number of carbonyl (C=O) groups is 3. The van der Waals surface area contributed by atoms with Gasteiger partial charge in [-0.05, 0) is 38.0 Å². The van der Waals surface area contributed by atoms with Crippen LogP contribution in [0.5, 0.6) is 0 Å². The Morgan fingerprint density at radius 2 is 1.68 bits per heavy atom. The SMILES string of the molecule is CC(=O)N(CC(=O)O)C1CCCN(C(=O)C(C)(C)C2CCCC2)CC1. The predicted molar refractivity (Wildman–Crippen MR) is 95.0 cm³/mol. The molecule has 1 aliphatic heterocycles. The number of carboxylic acids is 1. The lowest BCUT2D eigenvalue weighted by atomic mass is 9.76. The standard InChI is InChI=1S/C19H32N2O4/c1-14(22)21(13-17(23)24)16-9-6-11-20(12-10-16)18(25)19(2,3)15-7-4-5-8-15/h15-16H,4-13H2,1-3H3,(H,23,24). The molecule has 0 aromatic heterocycles. The molecule has 1 saturated heterocycles. The Bertz CT molecular complexity index is 512. The lowest BCUT2D eigenvalue weighted by Gasteiger charge is -2.36. The summed E-state index contributed by atoms with van der Waals surface area (Å²) in [6.07, 6.45) is 6.90. The zero-order valence-corrected chi connectivity index (χ0v) is 15.8. The van der Waals surface area contributed by atoms with Crippen molar-refractivity contribution in [3.05, 3.63) is 0 Å². The Morgan fingerprint density at radius 1 is 1.04 bits per heavy atom. The van der Waals surface area contributed by atoms with Crippen molar-refractivity contribution in [3.63, 3.8) is 0 Å². The maximum atomic E-state index is 13.1. The molecule has 2 fully saturated rings. The molecule has 6 nitrogen and oxygen atoms in total. The molecule has 0 bridgehead atoms. The average molecular weight is 352 g/mol. The highest BCUT2D eigenvalue weighted by molar-refractivity contribution is 5.82. The number of aliphatic carboxylic acids is 1. The second-order valence-corrected chi connectivity index (χ2v) is 8.12. The Labute approximate surface area is 150 Å². The molecule has 0 radical (unpaired) electrons. The van der Waals surface area contributed by atoms with Crippen LogP contribution in [0, 0.1) is 11.3 Å². The van der Waals surface area contributed by atoms with E-state index >= 15 is 0 Å². The van der Waals surface area contributed by atoms with Crippen molar-refractivity contribution < 1.29 is 19.5 Å². The fraction of sp³-hybridized carbons (Fsp3) is 0.842. The fourth-order valence-electron chi connectivity index (χ4n) is 4.47. The Hall–Kier alpha value is -1.59. The van der Waals surface area contributed by atoms with Gasteiger partial charge in [0.05, 0.1) is 0 Å². The second-order valence-electron chi connectivity index (χ2n) is 8.12. The van der Waals surface area contributed by atoms with E-state index in [-0.39, 0.29) is 29.8 Å². The van der Waals surface area contributed by atoms with E-state index in [0.717, 1.165) is 25.7 Å². The van der Waals surface area contributed by atoms with Crippen LogP contribution < -0.4 is 0 Å². The monoisotopic (exact) mass is 352 g/mol. The van der Waals surface area contributed by atoms with E-state index in [2.05, 4.69) is 13.8 Å². The normalized spacial score (nSPS) is 22.5. The molecule has 0 spiro atoms. The highest BCUT2D eigenvalue weighted by atomic mass is 16.4. The lowest BCUT2D eigenvalue weighted by Crippen LogP contribution is -2.46. The van der Waals surface area contributed by atoms with Crippen molar-refractivity contribution in [3.8, 4) is 0 Å². The topological polar surface area (TPSA) is 77.9 Å². The maximum absolute atomic E-state index is 13.1. The van der Waals surface area contributed by atoms with Crippen LogP contribution in [-0.2, 0) is 14.4 Å². The molecular weight excluding hydrogens is 320 g/mol. The molecule has 1 aliphatic carbocycles. The van der Waals surface area contributed by atoms with E-state index in [1.165, 1.54) is 24.7 Å². The van der Waals surface area contributed by atoms with Crippen LogP contribution in [0.1, 0.15) is 65.7 Å². The van der Waals surface area contributed by atoms with E-state index in [1.807, 2.05) is 4.90 Å². The summed E-state index contributed by atoms with van der Waals surface area (Å²) in [4.78, 5) is 39.3. The van der Waals surface area contributed by atoms with Crippen LogP contribution in [0.4, 0.5) is 0 Å². The number of carbonyl (C=O) groups excluding carboxylic acids is 2. The molecule has 1 atom stereocenters. The molecule has 1 saturated carbocycles. The van der Waals surface area contributed by atoms with Crippen LogP contribution in [0.25, 0.3) is 0 Å². The minimum absolute atomic E-state index is 0.0963. The van der Waals surface area contributed by atoms with Gasteiger partial charge in [0.15, 0.2) is 0 Å². The number of rotatable bonds is 5. The number of carboxylic acid groups (broad SMARTS) is 1. The van der Waals surface area contributed by atoms with Crippen molar-refractivity contribution in [2.24, 2.45) is 11.3 Å². The third-order valence-corrected chi connectivity index (χ3v) is 6.06. The molecular formula is C19H32N2O4. The number of hydrogen-bond donors (Lipinski definition) is 1. The number of nitrogens with zero attached hydrogens (tertiary/aromatic N) is 2. The summed E-state index contributed by atoms with van der Waals surface area (Å²) in [7, 11) is 0. The van der Waals surface area contributed by atoms with E-state index in [0.29, 0.717) is 25.4 Å². The van der Waals surface area contributed by atoms with Gasteiger partial charge < -0.3 is 14.9 Å². The third kappa shape index (κ3) is 4.73. The first-order valence-corrected chi connectivity index (χ1v) is 9.52. The van der Waals surface area contributed by atoms with Crippen LogP contribution in [-0.4, -0.2) is 58.4 Å². The quantitative estimate of drug-likeness (QED) is 0.825. The first-order chi connectivity index (χ1) is 11.7. The van der Waals surface area contributed by atoms with E-state index in [9.17, 15) is 14.4 Å². The molecule has 1 N–H and O–H groups in total. The van der Waals surface area contributed by atoms with Gasteiger partial charge in [-0.2, -0.15) is 0 Å². The number of hydrogen-bond acceptors (Lipinski definition) is 3. The van der Waals surface area contributed by atoms with Gasteiger partial charge in [0.1, 0.15) is 6.54 Å². The molecule has 2 rings (SSSR count). The minimum Gasteiger partial charge on any atom is -0.480 e. The first kappa shape index (κ1) is 19.7. The molecule has 0 aromatic carbocycles. The molecule has 2 amide bonds. The molecule has 1 heterocycles. The van der Waals surface area contributed by atoms with Crippen LogP contribution in [0.2, 0.25) is 0 Å². The smallest absolute Gasteiger partial charge is 0.323 e. The summed E-state index contributed by atoms with van der Waals surface area (Å²) in [6, 6.07) is -0.0963. The van der Waals surface area contributed by atoms with Crippen molar-refractivity contribution in [2.45, 2.75) is 71.8 Å². The van der Waals surface area contributed by atoms with Gasteiger partial charge in [-0.3, -0.25) is 14.4 Å². The highest BCUT2D eigenvalue weighted by Gasteiger charge is 2.41. The Balaban J connectivity index is 2.01. The number of likely N-dealkylation sites (tertiary alicyclic amines) is 1. The average Bonchev–Trinajstić information content (AvgIpc) is 2.98. The van der Waals surface area contributed by atoms with Gasteiger partial charge in [-0.15, -0.1) is 0 Å². The largest absolute Gasteiger partial charge is 0.480 e. The molecule has 142 valence electrons. The highest BCUT2D eigenvalue weighted by Crippen LogP contribution is 2.41. The maximum Gasteiger partial charge on any atom is 0.323 e. The Morgan fingerprint density at radius 3 is 2.24 bits per heavy atom. The van der Waals surface area contributed by atoms with Crippen LogP contribution >= 0.6 is 0 Å². The summed E-state index contributed by atoms with van der Waals surface area (Å²) >= 11 is 0. The summed E-state index contributed by atoms with van der Waals surface area (Å²) in [6.45, 7) is 6.59. The van der Waals surface area contributed by atoms with Gasteiger partial charge in [0, 0.05) is 31.5 Å². The van der Waals surface area contributed by atoms with Gasteiger partial charge in [-0.25, -0.2) is 0 Å². The van der Waals surface area contributed by atoms with Crippen LogP contribution in [0.15, 0.2) is 0 Å². The molecule has 2 aliphatic rings. The number of amides is 2. The molecule has 0 aromatic rings. The van der Waals surface area contributed by atoms with Crippen molar-refractivity contribution in [1.29, 1.82) is 0 Å². The fourth-order valence-corrected chi connectivity index (χ4v) is 4.47. The van der Waals surface area contributed by atoms with Gasteiger partial charge in [0.25, 0.3) is 0 Å². The first-order valence-electron chi connectivity index (χ1n) is 9.52. The van der Waals surface area contributed by atoms with Crippen molar-refractivity contribution in [2.75, 3.05) is 19.6 Å². The summed E-state index contributed by atoms with van der Waals surface area (Å²) in [5.74, 6) is -0.527. The zero-order valence-electron chi connectivity index (χ0n) is 15.8. The minimum atomic E-state index is -0.991. The van der Waals surface area contributed by atoms with E-state index in [4.69, 9.17) is 5.11 Å². The summed E-state index contributed by atoms with van der Waals surface area (Å²) in [5, 5.41) is 9.04. The zero-order chi connectivity index (χ0) is 18.6.